The highest BCUT2D eigenvalue weighted by atomic mass is 127. The maximum atomic E-state index is 12.9. The van der Waals surface area contributed by atoms with Crippen LogP contribution in [0.1, 0.15) is 5.56 Å². The normalized spacial score (nSPS) is 11.0. The highest BCUT2D eigenvalue weighted by Crippen LogP contribution is 2.05. The lowest BCUT2D eigenvalue weighted by Crippen LogP contribution is -2.39. The first kappa shape index (κ1) is 18.4. The van der Waals surface area contributed by atoms with Gasteiger partial charge in [0.1, 0.15) is 5.82 Å². The Kier molecular flexibility index (Phi) is 7.86. The van der Waals surface area contributed by atoms with E-state index in [0.717, 1.165) is 24.6 Å². The molecule has 7 heteroatoms. The van der Waals surface area contributed by atoms with Crippen molar-refractivity contribution in [2.45, 2.75) is 13.1 Å². The summed E-state index contributed by atoms with van der Waals surface area (Å²) in [4.78, 5) is 10.3. The van der Waals surface area contributed by atoms with Crippen LogP contribution in [0.15, 0.2) is 48.0 Å². The Morgan fingerprint density at radius 1 is 1.36 bits per heavy atom. The molecule has 0 amide bonds. The number of rotatable bonds is 5. The zero-order chi connectivity index (χ0) is 15.1. The molecule has 22 heavy (non-hydrogen) atoms. The van der Waals surface area contributed by atoms with E-state index in [-0.39, 0.29) is 29.8 Å². The second-order valence-electron chi connectivity index (χ2n) is 4.76. The smallest absolute Gasteiger partial charge is 0.193 e. The molecule has 0 saturated heterocycles. The van der Waals surface area contributed by atoms with E-state index in [1.165, 1.54) is 12.1 Å². The van der Waals surface area contributed by atoms with E-state index in [4.69, 9.17) is 0 Å². The van der Waals surface area contributed by atoms with Crippen LogP contribution in [0.5, 0.6) is 0 Å². The van der Waals surface area contributed by atoms with Crippen LogP contribution in [0.3, 0.4) is 0 Å². The number of nitrogens with zero attached hydrogens (tertiary/aromatic N) is 4. The van der Waals surface area contributed by atoms with Gasteiger partial charge < -0.3 is 14.8 Å². The van der Waals surface area contributed by atoms with Crippen molar-refractivity contribution in [2.24, 2.45) is 4.99 Å². The number of hydrogen-bond donors (Lipinski definition) is 1. The maximum Gasteiger partial charge on any atom is 0.193 e. The van der Waals surface area contributed by atoms with E-state index in [1.807, 2.05) is 22.7 Å². The van der Waals surface area contributed by atoms with Crippen molar-refractivity contribution in [3.05, 3.63) is 54.4 Å². The summed E-state index contributed by atoms with van der Waals surface area (Å²) >= 11 is 0. The Bertz CT molecular complexity index is 568. The lowest BCUT2D eigenvalue weighted by atomic mass is 10.2. The third kappa shape index (κ3) is 5.63. The van der Waals surface area contributed by atoms with Crippen LogP contribution in [0.25, 0.3) is 0 Å². The average molecular weight is 417 g/mol. The zero-order valence-electron chi connectivity index (χ0n) is 12.7. The van der Waals surface area contributed by atoms with E-state index in [9.17, 15) is 4.39 Å². The second-order valence-corrected chi connectivity index (χ2v) is 4.76. The first-order chi connectivity index (χ1) is 10.2. The lowest BCUT2D eigenvalue weighted by Gasteiger charge is -2.22. The van der Waals surface area contributed by atoms with Crippen LogP contribution in [-0.2, 0) is 13.1 Å². The number of hydrogen-bond acceptors (Lipinski definition) is 2. The molecule has 0 spiro atoms. The number of guanidine groups is 1. The minimum atomic E-state index is -0.218. The van der Waals surface area contributed by atoms with Gasteiger partial charge in [0.25, 0.3) is 0 Å². The molecule has 1 heterocycles. The van der Waals surface area contributed by atoms with E-state index >= 15 is 0 Å². The Morgan fingerprint density at radius 3 is 2.68 bits per heavy atom. The fraction of sp³-hybridized carbons (Fsp3) is 0.333. The summed E-state index contributed by atoms with van der Waals surface area (Å²) < 4.78 is 14.9. The van der Waals surface area contributed by atoms with Crippen molar-refractivity contribution in [1.29, 1.82) is 0 Å². The van der Waals surface area contributed by atoms with Crippen LogP contribution in [0.4, 0.5) is 4.39 Å². The quantitative estimate of drug-likeness (QED) is 0.462. The van der Waals surface area contributed by atoms with Crippen LogP contribution < -0.4 is 5.32 Å². The predicted octanol–water partition coefficient (Wildman–Crippen LogP) is 2.35. The van der Waals surface area contributed by atoms with Crippen molar-refractivity contribution >= 4 is 29.9 Å². The van der Waals surface area contributed by atoms with E-state index < -0.39 is 0 Å². The van der Waals surface area contributed by atoms with Gasteiger partial charge in [-0.2, -0.15) is 0 Å². The van der Waals surface area contributed by atoms with Gasteiger partial charge in [-0.15, -0.1) is 24.0 Å². The molecule has 0 radical (unpaired) electrons. The van der Waals surface area contributed by atoms with Gasteiger partial charge in [0.05, 0.1) is 6.33 Å². The van der Waals surface area contributed by atoms with Crippen LogP contribution in [0.2, 0.25) is 0 Å². The highest BCUT2D eigenvalue weighted by molar-refractivity contribution is 14.0. The fourth-order valence-corrected chi connectivity index (χ4v) is 2.04. The van der Waals surface area contributed by atoms with Gasteiger partial charge in [0, 0.05) is 46.1 Å². The van der Waals surface area contributed by atoms with E-state index in [2.05, 4.69) is 15.3 Å². The van der Waals surface area contributed by atoms with Gasteiger partial charge in [-0.05, 0) is 17.7 Å². The molecule has 0 saturated carbocycles. The lowest BCUT2D eigenvalue weighted by molar-refractivity contribution is 0.472. The van der Waals surface area contributed by atoms with Crippen LogP contribution in [0, 0.1) is 5.82 Å². The van der Waals surface area contributed by atoms with Crippen LogP contribution in [-0.4, -0.2) is 41.1 Å². The molecule has 0 aliphatic heterocycles. The van der Waals surface area contributed by atoms with Gasteiger partial charge in [-0.25, -0.2) is 9.37 Å². The minimum Gasteiger partial charge on any atom is -0.354 e. The summed E-state index contributed by atoms with van der Waals surface area (Å²) in [6.45, 7) is 2.26. The molecule has 1 N–H and O–H groups in total. The molecule has 5 nitrogen and oxygen atoms in total. The maximum absolute atomic E-state index is 12.9. The molecule has 0 aliphatic carbocycles. The third-order valence-electron chi connectivity index (χ3n) is 3.12. The molecule has 1 aromatic carbocycles. The third-order valence-corrected chi connectivity index (χ3v) is 3.12. The molecule has 2 aromatic rings. The second kappa shape index (κ2) is 9.39. The monoisotopic (exact) mass is 417 g/mol. The van der Waals surface area contributed by atoms with Gasteiger partial charge in [-0.3, -0.25) is 4.99 Å². The molecule has 0 unspecified atom stereocenters. The summed E-state index contributed by atoms with van der Waals surface area (Å²) in [6.07, 6.45) is 5.47. The number of nitrogens with one attached hydrogen (secondary N) is 1. The molecule has 2 rings (SSSR count). The van der Waals surface area contributed by atoms with Crippen molar-refractivity contribution in [3.63, 3.8) is 0 Å². The first-order valence-corrected chi connectivity index (χ1v) is 6.81. The predicted molar refractivity (Wildman–Crippen MR) is 96.9 cm³/mol. The topological polar surface area (TPSA) is 45.5 Å². The number of benzene rings is 1. The van der Waals surface area contributed by atoms with Crippen molar-refractivity contribution in [1.82, 2.24) is 19.8 Å². The Balaban J connectivity index is 0.00000242. The number of imidazole rings is 1. The molecule has 0 aliphatic rings. The summed E-state index contributed by atoms with van der Waals surface area (Å²) in [5.41, 5.74) is 1.04. The summed E-state index contributed by atoms with van der Waals surface area (Å²) in [6, 6.07) is 6.51. The number of halogens is 2. The molecule has 1 aromatic heterocycles. The molecule has 0 atom stereocenters. The molecule has 0 fully saturated rings. The van der Waals surface area contributed by atoms with Crippen molar-refractivity contribution in [3.8, 4) is 0 Å². The standard InChI is InChI=1S/C15H20FN5.HI/c1-17-15(19-8-10-21-9-7-18-12-21)20(2)11-13-3-5-14(16)6-4-13;/h3-7,9,12H,8,10-11H2,1-2H3,(H,17,19);1H. The molecule has 120 valence electrons. The summed E-state index contributed by atoms with van der Waals surface area (Å²) in [5.74, 6) is 0.587. The summed E-state index contributed by atoms with van der Waals surface area (Å²) in [7, 11) is 3.70. The Hall–Kier alpha value is -1.64. The van der Waals surface area contributed by atoms with Crippen LogP contribution >= 0.6 is 24.0 Å². The molecule has 0 bridgehead atoms. The van der Waals surface area contributed by atoms with Crippen molar-refractivity contribution in [2.75, 3.05) is 20.6 Å². The summed E-state index contributed by atoms with van der Waals surface area (Å²) in [5, 5.41) is 3.29. The van der Waals surface area contributed by atoms with Gasteiger partial charge in [-0.1, -0.05) is 12.1 Å². The van der Waals surface area contributed by atoms with Gasteiger partial charge >= 0.3 is 0 Å². The Morgan fingerprint density at radius 2 is 2.09 bits per heavy atom. The zero-order valence-corrected chi connectivity index (χ0v) is 15.1. The number of aromatic nitrogens is 2. The average Bonchev–Trinajstić information content (AvgIpc) is 2.99. The van der Waals surface area contributed by atoms with Gasteiger partial charge in [0.15, 0.2) is 5.96 Å². The highest BCUT2D eigenvalue weighted by Gasteiger charge is 2.06. The fourth-order valence-electron chi connectivity index (χ4n) is 2.04. The SMILES string of the molecule is CN=C(NCCn1ccnc1)N(C)Cc1ccc(F)cc1.I. The minimum absolute atomic E-state index is 0. The van der Waals surface area contributed by atoms with Gasteiger partial charge in [0.2, 0.25) is 0 Å². The first-order valence-electron chi connectivity index (χ1n) is 6.81. The Labute approximate surface area is 147 Å². The largest absolute Gasteiger partial charge is 0.354 e. The number of aliphatic imine (C=N–C) groups is 1. The van der Waals surface area contributed by atoms with E-state index in [1.54, 1.807) is 31.7 Å². The molecular weight excluding hydrogens is 396 g/mol. The van der Waals surface area contributed by atoms with E-state index in [0.29, 0.717) is 6.54 Å². The molecular formula is C15H21FIN5. The van der Waals surface area contributed by atoms with Crippen molar-refractivity contribution < 1.29 is 4.39 Å².